The molecule has 0 bridgehead atoms. The van der Waals surface area contributed by atoms with Gasteiger partial charge in [0.2, 0.25) is 0 Å². The maximum atomic E-state index is 12.8. The highest BCUT2D eigenvalue weighted by Crippen LogP contribution is 2.20. The Balaban J connectivity index is 1.93. The molecule has 210 valence electrons. The Labute approximate surface area is 223 Å². The molecule has 2 heterocycles. The lowest BCUT2D eigenvalue weighted by Gasteiger charge is -2.33. The van der Waals surface area contributed by atoms with Gasteiger partial charge in [0, 0.05) is 43.5 Å². The highest BCUT2D eigenvalue weighted by Gasteiger charge is 2.27. The zero-order valence-corrected chi connectivity index (χ0v) is 23.8. The lowest BCUT2D eigenvalue weighted by Crippen LogP contribution is -2.53. The van der Waals surface area contributed by atoms with Crippen LogP contribution in [0.1, 0.15) is 78.5 Å². The van der Waals surface area contributed by atoms with Gasteiger partial charge in [-0.25, -0.2) is 14.6 Å². The number of pyridine rings is 1. The number of urea groups is 1. The van der Waals surface area contributed by atoms with E-state index in [0.717, 1.165) is 56.7 Å². The van der Waals surface area contributed by atoms with Crippen molar-refractivity contribution in [3.63, 3.8) is 0 Å². The van der Waals surface area contributed by atoms with Crippen LogP contribution >= 0.6 is 0 Å². The van der Waals surface area contributed by atoms with Crippen molar-refractivity contribution in [2.75, 3.05) is 38.2 Å². The number of aryl methyl sites for hydroxylation is 2. The van der Waals surface area contributed by atoms with Crippen LogP contribution in [0.25, 0.3) is 0 Å². The summed E-state index contributed by atoms with van der Waals surface area (Å²) in [4.78, 5) is 33.5. The number of aliphatic carboxylic acids is 1. The van der Waals surface area contributed by atoms with E-state index in [1.807, 2.05) is 34.6 Å². The lowest BCUT2D eigenvalue weighted by atomic mass is 10.1. The fraction of sp³-hybridized carbons (Fsp3) is 0.750. The van der Waals surface area contributed by atoms with Crippen molar-refractivity contribution in [1.29, 1.82) is 0 Å². The summed E-state index contributed by atoms with van der Waals surface area (Å²) in [5.74, 6) is 0.0243. The van der Waals surface area contributed by atoms with Gasteiger partial charge >= 0.3 is 12.0 Å². The number of carboxylic acid groups (broad SMARTS) is 1. The number of unbranched alkanes of at least 4 members (excludes halogenated alkanes) is 1. The third kappa shape index (κ3) is 10.1. The molecule has 0 fully saturated rings. The second kappa shape index (κ2) is 15.8. The van der Waals surface area contributed by atoms with E-state index in [-0.39, 0.29) is 24.2 Å². The fourth-order valence-electron chi connectivity index (χ4n) is 4.92. The molecule has 1 aromatic rings. The van der Waals surface area contributed by atoms with Crippen molar-refractivity contribution in [3.05, 3.63) is 23.4 Å². The first-order valence-corrected chi connectivity index (χ1v) is 14.0. The number of nitrogens with zero attached hydrogens (tertiary/aromatic N) is 3. The Hall–Kier alpha value is -2.39. The van der Waals surface area contributed by atoms with Crippen molar-refractivity contribution in [1.82, 2.24) is 20.1 Å². The molecule has 0 aliphatic carbocycles. The Bertz CT molecular complexity index is 840. The Morgan fingerprint density at radius 3 is 2.51 bits per heavy atom. The van der Waals surface area contributed by atoms with E-state index in [1.54, 1.807) is 4.90 Å². The maximum Gasteiger partial charge on any atom is 0.326 e. The summed E-state index contributed by atoms with van der Waals surface area (Å²) in [5.41, 5.74) is 2.41. The molecule has 1 aliphatic heterocycles. The topological polar surface area (TPSA) is 107 Å². The van der Waals surface area contributed by atoms with Gasteiger partial charge in [-0.05, 0) is 98.2 Å². The van der Waals surface area contributed by atoms with Gasteiger partial charge in [0.05, 0.1) is 6.61 Å². The second-order valence-electron chi connectivity index (χ2n) is 10.6. The number of fused-ring (bicyclic) bond motifs is 1. The molecule has 0 spiro atoms. The number of rotatable bonds is 16. The normalized spacial score (nSPS) is 14.8. The molecular weight excluding hydrogens is 470 g/mol. The molecule has 0 unspecified atom stereocenters. The summed E-state index contributed by atoms with van der Waals surface area (Å²) >= 11 is 0. The summed E-state index contributed by atoms with van der Waals surface area (Å²) in [6.07, 6.45) is 5.47. The van der Waals surface area contributed by atoms with Crippen LogP contribution in [-0.4, -0.2) is 88.9 Å². The molecule has 9 nitrogen and oxygen atoms in total. The van der Waals surface area contributed by atoms with E-state index in [4.69, 9.17) is 9.72 Å². The number of ether oxygens (including phenoxy) is 1. The standard InChI is InChI=1S/C28H49N5O4/c1-7-37-19-22(6)32(17-9-8-12-24-14-13-23-11-10-16-29-26(23)30-24)18-15-25(27(34)35)31-28(36)33(20(2)3)21(4)5/h13-14,20-22,25H,7-12,15-19H2,1-6H3,(H,29,30)(H,31,36)(H,34,35)/t22-,25-/m0/s1. The number of nitrogens with one attached hydrogen (secondary N) is 2. The molecule has 37 heavy (non-hydrogen) atoms. The van der Waals surface area contributed by atoms with Gasteiger partial charge in [0.15, 0.2) is 0 Å². The highest BCUT2D eigenvalue weighted by molar-refractivity contribution is 5.82. The van der Waals surface area contributed by atoms with E-state index in [0.29, 0.717) is 26.2 Å². The predicted octanol–water partition coefficient (Wildman–Crippen LogP) is 4.16. The zero-order valence-electron chi connectivity index (χ0n) is 23.8. The quantitative estimate of drug-likeness (QED) is 0.282. The first kappa shape index (κ1) is 30.8. The van der Waals surface area contributed by atoms with E-state index in [1.165, 1.54) is 5.56 Å². The molecule has 2 rings (SSSR count). The van der Waals surface area contributed by atoms with Crippen molar-refractivity contribution < 1.29 is 19.4 Å². The first-order chi connectivity index (χ1) is 17.6. The van der Waals surface area contributed by atoms with E-state index in [9.17, 15) is 14.7 Å². The number of carboxylic acids is 1. The van der Waals surface area contributed by atoms with Crippen LogP contribution in [-0.2, 0) is 22.4 Å². The molecule has 2 atom stereocenters. The van der Waals surface area contributed by atoms with Crippen LogP contribution in [0.4, 0.5) is 10.6 Å². The smallest absolute Gasteiger partial charge is 0.326 e. The molecule has 0 aromatic carbocycles. The molecule has 0 saturated carbocycles. The molecular formula is C28H49N5O4. The van der Waals surface area contributed by atoms with Gasteiger partial charge in [-0.3, -0.25) is 4.90 Å². The Morgan fingerprint density at radius 2 is 1.86 bits per heavy atom. The largest absolute Gasteiger partial charge is 0.480 e. The summed E-state index contributed by atoms with van der Waals surface area (Å²) in [7, 11) is 0. The summed E-state index contributed by atoms with van der Waals surface area (Å²) in [5, 5.41) is 16.0. The molecule has 0 radical (unpaired) electrons. The number of aromatic nitrogens is 1. The minimum absolute atomic E-state index is 0.0162. The predicted molar refractivity (Wildman–Crippen MR) is 148 cm³/mol. The van der Waals surface area contributed by atoms with Crippen LogP contribution in [0, 0.1) is 0 Å². The molecule has 2 amide bonds. The first-order valence-electron chi connectivity index (χ1n) is 14.0. The average Bonchev–Trinajstić information content (AvgIpc) is 2.85. The third-order valence-corrected chi connectivity index (χ3v) is 6.91. The van der Waals surface area contributed by atoms with E-state index in [2.05, 4.69) is 34.6 Å². The van der Waals surface area contributed by atoms with Crippen LogP contribution in [0.5, 0.6) is 0 Å². The molecule has 3 N–H and O–H groups in total. The van der Waals surface area contributed by atoms with Crippen molar-refractivity contribution in [3.8, 4) is 0 Å². The summed E-state index contributed by atoms with van der Waals surface area (Å²) in [6.45, 7) is 15.4. The summed E-state index contributed by atoms with van der Waals surface area (Å²) in [6, 6.07) is 3.17. The van der Waals surface area contributed by atoms with Crippen LogP contribution in [0.15, 0.2) is 12.1 Å². The minimum atomic E-state index is -1.01. The van der Waals surface area contributed by atoms with Gasteiger partial charge in [0.1, 0.15) is 11.9 Å². The number of carbonyl (C=O) groups is 2. The maximum absolute atomic E-state index is 12.8. The molecule has 1 aromatic heterocycles. The van der Waals surface area contributed by atoms with Crippen LogP contribution < -0.4 is 10.6 Å². The molecule has 9 heteroatoms. The number of carbonyl (C=O) groups excluding carboxylic acids is 1. The number of amides is 2. The van der Waals surface area contributed by atoms with E-state index >= 15 is 0 Å². The van der Waals surface area contributed by atoms with Gasteiger partial charge < -0.3 is 25.4 Å². The van der Waals surface area contributed by atoms with E-state index < -0.39 is 12.0 Å². The second-order valence-corrected chi connectivity index (χ2v) is 10.6. The molecule has 1 aliphatic rings. The van der Waals surface area contributed by atoms with Gasteiger partial charge in [-0.1, -0.05) is 6.07 Å². The number of anilines is 1. The van der Waals surface area contributed by atoms with Crippen molar-refractivity contribution in [2.45, 2.75) is 104 Å². The van der Waals surface area contributed by atoms with Crippen LogP contribution in [0.3, 0.4) is 0 Å². The lowest BCUT2D eigenvalue weighted by molar-refractivity contribution is -0.139. The Morgan fingerprint density at radius 1 is 1.14 bits per heavy atom. The summed E-state index contributed by atoms with van der Waals surface area (Å²) < 4.78 is 5.66. The minimum Gasteiger partial charge on any atom is -0.480 e. The third-order valence-electron chi connectivity index (χ3n) is 6.91. The van der Waals surface area contributed by atoms with Crippen molar-refractivity contribution in [2.24, 2.45) is 0 Å². The van der Waals surface area contributed by atoms with Crippen LogP contribution in [0.2, 0.25) is 0 Å². The fourth-order valence-corrected chi connectivity index (χ4v) is 4.92. The number of hydrogen-bond donors (Lipinski definition) is 3. The number of hydrogen-bond acceptors (Lipinski definition) is 6. The SMILES string of the molecule is CCOC[C@H](C)N(CCCCc1ccc2c(n1)NCCC2)CC[C@H](NC(=O)N(C(C)C)C(C)C)C(=O)O. The van der Waals surface area contributed by atoms with Gasteiger partial charge in [-0.2, -0.15) is 0 Å². The molecule has 0 saturated heterocycles. The van der Waals surface area contributed by atoms with Gasteiger partial charge in [0.25, 0.3) is 0 Å². The highest BCUT2D eigenvalue weighted by atomic mass is 16.5. The van der Waals surface area contributed by atoms with Crippen molar-refractivity contribution >= 4 is 17.8 Å². The van der Waals surface area contributed by atoms with Gasteiger partial charge in [-0.15, -0.1) is 0 Å². The Kier molecular flexibility index (Phi) is 13.1. The zero-order chi connectivity index (χ0) is 27.4. The monoisotopic (exact) mass is 519 g/mol. The average molecular weight is 520 g/mol.